The lowest BCUT2D eigenvalue weighted by Crippen LogP contribution is -2.51. The average molecular weight is 449 g/mol. The van der Waals surface area contributed by atoms with Crippen LogP contribution in [0.4, 0.5) is 0 Å². The van der Waals surface area contributed by atoms with Crippen LogP contribution in [0.1, 0.15) is 33.5 Å². The van der Waals surface area contributed by atoms with Crippen molar-refractivity contribution in [2.45, 2.75) is 12.5 Å². The summed E-state index contributed by atoms with van der Waals surface area (Å²) in [6.07, 6.45) is 2.27. The molecule has 2 aromatic heterocycles. The van der Waals surface area contributed by atoms with Crippen molar-refractivity contribution in [3.63, 3.8) is 0 Å². The molecule has 32 heavy (non-hydrogen) atoms. The number of amides is 2. The van der Waals surface area contributed by atoms with E-state index in [1.54, 1.807) is 22.6 Å². The van der Waals surface area contributed by atoms with Crippen LogP contribution < -0.4 is 0 Å². The predicted molar refractivity (Wildman–Crippen MR) is 123 cm³/mol. The summed E-state index contributed by atoms with van der Waals surface area (Å²) in [5.41, 5.74) is 1.61. The summed E-state index contributed by atoms with van der Waals surface area (Å²) >= 11 is 1.62. The first kappa shape index (κ1) is 20.7. The average Bonchev–Trinajstić information content (AvgIpc) is 3.61. The van der Waals surface area contributed by atoms with Crippen molar-refractivity contribution in [2.24, 2.45) is 5.10 Å². The molecule has 1 atom stereocenters. The maximum Gasteiger partial charge on any atom is 0.257 e. The van der Waals surface area contributed by atoms with Gasteiger partial charge in [0.25, 0.3) is 11.8 Å². The van der Waals surface area contributed by atoms with Gasteiger partial charge >= 0.3 is 0 Å². The molecular formula is C24H24N4O3S. The van der Waals surface area contributed by atoms with Crippen molar-refractivity contribution < 1.29 is 14.0 Å². The Labute approximate surface area is 190 Å². The second-order valence-corrected chi connectivity index (χ2v) is 8.88. The van der Waals surface area contributed by atoms with Crippen molar-refractivity contribution in [3.8, 4) is 0 Å². The molecule has 2 aliphatic rings. The molecule has 1 aromatic carbocycles. The molecule has 0 aliphatic carbocycles. The fourth-order valence-corrected chi connectivity index (χ4v) is 4.89. The Kier molecular flexibility index (Phi) is 5.87. The van der Waals surface area contributed by atoms with E-state index >= 15 is 0 Å². The van der Waals surface area contributed by atoms with E-state index in [2.05, 4.69) is 10.0 Å². The Morgan fingerprint density at radius 3 is 2.50 bits per heavy atom. The minimum Gasteiger partial charge on any atom is -0.467 e. The molecule has 7 nitrogen and oxygen atoms in total. The predicted octanol–water partition coefficient (Wildman–Crippen LogP) is 3.48. The van der Waals surface area contributed by atoms with E-state index in [0.29, 0.717) is 38.2 Å². The van der Waals surface area contributed by atoms with Crippen LogP contribution in [0, 0.1) is 0 Å². The quantitative estimate of drug-likeness (QED) is 0.599. The molecule has 0 saturated carbocycles. The highest BCUT2D eigenvalue weighted by Gasteiger charge is 2.36. The van der Waals surface area contributed by atoms with Crippen LogP contribution in [0.3, 0.4) is 0 Å². The fraction of sp³-hybridized carbons (Fsp3) is 0.292. The second-order valence-electron chi connectivity index (χ2n) is 7.93. The smallest absolute Gasteiger partial charge is 0.257 e. The number of rotatable bonds is 5. The number of hydrogen-bond acceptors (Lipinski definition) is 6. The van der Waals surface area contributed by atoms with E-state index in [4.69, 9.17) is 4.42 Å². The zero-order chi connectivity index (χ0) is 21.9. The van der Waals surface area contributed by atoms with Gasteiger partial charge in [0, 0.05) is 38.2 Å². The molecular weight excluding hydrogens is 424 g/mol. The normalized spacial score (nSPS) is 19.2. The lowest BCUT2D eigenvalue weighted by Gasteiger charge is -2.35. The van der Waals surface area contributed by atoms with Gasteiger partial charge in [-0.3, -0.25) is 14.5 Å². The molecule has 1 saturated heterocycles. The Morgan fingerprint density at radius 1 is 1.00 bits per heavy atom. The first-order valence-corrected chi connectivity index (χ1v) is 11.6. The lowest BCUT2D eigenvalue weighted by molar-refractivity contribution is -0.134. The summed E-state index contributed by atoms with van der Waals surface area (Å²) in [6, 6.07) is 16.8. The standard InChI is InChI=1S/C24H24N4O3S/c29-23(17-26-10-12-27(13-11-26)24(30)18-6-2-1-3-7-18)28-20(21-8-4-14-31-21)16-19(25-28)22-9-5-15-32-22/h1-9,14-15,20H,10-13,16-17H2. The Balaban J connectivity index is 1.23. The highest BCUT2D eigenvalue weighted by Crippen LogP contribution is 2.34. The van der Waals surface area contributed by atoms with E-state index in [1.165, 1.54) is 0 Å². The van der Waals surface area contributed by atoms with Crippen LogP contribution in [0.2, 0.25) is 0 Å². The van der Waals surface area contributed by atoms with E-state index in [1.807, 2.05) is 64.9 Å². The van der Waals surface area contributed by atoms with Crippen LogP contribution >= 0.6 is 11.3 Å². The van der Waals surface area contributed by atoms with Gasteiger partial charge < -0.3 is 9.32 Å². The van der Waals surface area contributed by atoms with E-state index in [0.717, 1.165) is 16.3 Å². The molecule has 0 N–H and O–H groups in total. The van der Waals surface area contributed by atoms with E-state index < -0.39 is 0 Å². The van der Waals surface area contributed by atoms with Crippen LogP contribution in [-0.2, 0) is 4.79 Å². The zero-order valence-corrected chi connectivity index (χ0v) is 18.4. The van der Waals surface area contributed by atoms with Crippen LogP contribution in [0.5, 0.6) is 0 Å². The summed E-state index contributed by atoms with van der Waals surface area (Å²) < 4.78 is 5.61. The number of hydrazone groups is 1. The van der Waals surface area contributed by atoms with Crippen molar-refractivity contribution in [1.29, 1.82) is 0 Å². The van der Waals surface area contributed by atoms with E-state index in [-0.39, 0.29) is 24.4 Å². The molecule has 0 spiro atoms. The third-order valence-corrected chi connectivity index (χ3v) is 6.80. The molecule has 1 fully saturated rings. The number of carbonyl (C=O) groups excluding carboxylic acids is 2. The Bertz CT molecular complexity index is 1090. The molecule has 2 aliphatic heterocycles. The van der Waals surface area contributed by atoms with Gasteiger partial charge in [0.15, 0.2) is 0 Å². The SMILES string of the molecule is O=C(c1ccccc1)N1CCN(CC(=O)N2N=C(c3cccs3)CC2c2ccco2)CC1. The van der Waals surface area contributed by atoms with E-state index in [9.17, 15) is 9.59 Å². The first-order valence-electron chi connectivity index (χ1n) is 10.7. The van der Waals surface area contributed by atoms with Crippen molar-refractivity contribution in [3.05, 3.63) is 82.4 Å². The van der Waals surface area contributed by atoms with Gasteiger partial charge in [-0.15, -0.1) is 11.3 Å². The van der Waals surface area contributed by atoms with Gasteiger partial charge in [0.05, 0.1) is 23.4 Å². The monoisotopic (exact) mass is 448 g/mol. The highest BCUT2D eigenvalue weighted by molar-refractivity contribution is 7.12. The number of carbonyl (C=O) groups is 2. The van der Waals surface area contributed by atoms with Gasteiger partial charge in [-0.25, -0.2) is 5.01 Å². The Hall–Kier alpha value is -3.23. The van der Waals surface area contributed by atoms with Gasteiger partial charge in [-0.05, 0) is 35.7 Å². The second kappa shape index (κ2) is 9.10. The van der Waals surface area contributed by atoms with Gasteiger partial charge in [-0.2, -0.15) is 5.10 Å². The molecule has 0 radical (unpaired) electrons. The topological polar surface area (TPSA) is 69.4 Å². The van der Waals surface area contributed by atoms with Crippen LogP contribution in [0.25, 0.3) is 0 Å². The summed E-state index contributed by atoms with van der Waals surface area (Å²) in [5, 5.41) is 8.27. The fourth-order valence-electron chi connectivity index (χ4n) is 4.17. The third kappa shape index (κ3) is 4.24. The summed E-state index contributed by atoms with van der Waals surface area (Å²) in [7, 11) is 0. The summed E-state index contributed by atoms with van der Waals surface area (Å²) in [5.74, 6) is 0.729. The zero-order valence-electron chi connectivity index (χ0n) is 17.6. The van der Waals surface area contributed by atoms with Gasteiger partial charge in [0.2, 0.25) is 0 Å². The van der Waals surface area contributed by atoms with Crippen LogP contribution in [-0.4, -0.2) is 65.1 Å². The van der Waals surface area contributed by atoms with Crippen molar-refractivity contribution in [1.82, 2.24) is 14.8 Å². The van der Waals surface area contributed by atoms with Gasteiger partial charge in [-0.1, -0.05) is 24.3 Å². The van der Waals surface area contributed by atoms with Gasteiger partial charge in [0.1, 0.15) is 11.8 Å². The molecule has 0 bridgehead atoms. The Morgan fingerprint density at radius 2 is 1.81 bits per heavy atom. The van der Waals surface area contributed by atoms with Crippen LogP contribution in [0.15, 0.2) is 75.8 Å². The van der Waals surface area contributed by atoms with Crippen molar-refractivity contribution >= 4 is 28.9 Å². The highest BCUT2D eigenvalue weighted by atomic mass is 32.1. The first-order chi connectivity index (χ1) is 15.7. The minimum atomic E-state index is -0.226. The molecule has 164 valence electrons. The largest absolute Gasteiger partial charge is 0.467 e. The maximum atomic E-state index is 13.2. The lowest BCUT2D eigenvalue weighted by atomic mass is 10.1. The number of hydrogen-bond donors (Lipinski definition) is 0. The molecule has 4 heterocycles. The number of thiophene rings is 1. The molecule has 2 amide bonds. The molecule has 3 aromatic rings. The summed E-state index contributed by atoms with van der Waals surface area (Å²) in [4.78, 5) is 30.9. The molecule has 5 rings (SSSR count). The molecule has 1 unspecified atom stereocenters. The summed E-state index contributed by atoms with van der Waals surface area (Å²) in [6.45, 7) is 2.79. The third-order valence-electron chi connectivity index (χ3n) is 5.88. The van der Waals surface area contributed by atoms with Crippen molar-refractivity contribution in [2.75, 3.05) is 32.7 Å². The number of benzene rings is 1. The minimum absolute atomic E-state index is 0.0409. The maximum absolute atomic E-state index is 13.2. The number of nitrogens with zero attached hydrogens (tertiary/aromatic N) is 4. The number of furan rings is 1. The molecule has 8 heteroatoms. The number of piperazine rings is 1.